The molecule has 4 aliphatic rings. The second-order valence-corrected chi connectivity index (χ2v) is 12.3. The lowest BCUT2D eigenvalue weighted by atomic mass is 9.74. The minimum Gasteiger partial charge on any atom is -0.460 e. The zero-order chi connectivity index (χ0) is 28.6. The van der Waals surface area contributed by atoms with Crippen molar-refractivity contribution in [1.82, 2.24) is 15.1 Å². The van der Waals surface area contributed by atoms with Crippen molar-refractivity contribution in [2.75, 3.05) is 19.7 Å². The lowest BCUT2D eigenvalue weighted by Gasteiger charge is -2.41. The number of carbonyl (C=O) groups excluding carboxylic acids is 4. The van der Waals surface area contributed by atoms with Gasteiger partial charge < -0.3 is 29.7 Å². The molecule has 39 heavy (non-hydrogen) atoms. The van der Waals surface area contributed by atoms with Crippen LogP contribution in [-0.2, 0) is 28.7 Å². The van der Waals surface area contributed by atoms with E-state index < -0.39 is 53.6 Å². The molecule has 8 atom stereocenters. The van der Waals surface area contributed by atoms with E-state index in [0.29, 0.717) is 17.3 Å². The minimum atomic E-state index is -1.38. The van der Waals surface area contributed by atoms with Gasteiger partial charge >= 0.3 is 5.97 Å². The molecule has 5 bridgehead atoms. The zero-order valence-electron chi connectivity index (χ0n) is 23.3. The summed E-state index contributed by atoms with van der Waals surface area (Å²) in [5, 5.41) is 13.3. The number of rotatable bonds is 5. The quantitative estimate of drug-likeness (QED) is 0.360. The van der Waals surface area contributed by atoms with E-state index in [1.807, 2.05) is 39.8 Å². The molecule has 216 valence electrons. The van der Waals surface area contributed by atoms with E-state index in [1.165, 1.54) is 4.90 Å². The third-order valence-corrected chi connectivity index (χ3v) is 9.21. The lowest BCUT2D eigenvalue weighted by molar-refractivity contribution is -0.160. The number of nitrogens with one attached hydrogen (secondary N) is 1. The van der Waals surface area contributed by atoms with Gasteiger partial charge in [0.05, 0.1) is 25.1 Å². The maximum absolute atomic E-state index is 14.5. The summed E-state index contributed by atoms with van der Waals surface area (Å²) in [5.74, 6) is -3.55. The van der Waals surface area contributed by atoms with Gasteiger partial charge in [0.15, 0.2) is 0 Å². The van der Waals surface area contributed by atoms with E-state index in [1.54, 1.807) is 17.9 Å². The lowest BCUT2D eigenvalue weighted by Crippen LogP contribution is -2.60. The zero-order valence-corrected chi connectivity index (χ0v) is 24.8. The Hall–Kier alpha value is -2.24. The summed E-state index contributed by atoms with van der Waals surface area (Å²) in [7, 11) is 0. The minimum absolute atomic E-state index is 0.103. The number of ether oxygens (including phenoxy) is 2. The third kappa shape index (κ3) is 5.17. The maximum atomic E-state index is 14.5. The summed E-state index contributed by atoms with van der Waals surface area (Å²) < 4.78 is 12.8. The number of aliphatic hydroxyl groups is 1. The first-order valence-electron chi connectivity index (χ1n) is 13.9. The number of amides is 3. The summed E-state index contributed by atoms with van der Waals surface area (Å²) in [5.41, 5.74) is -1.38. The Bertz CT molecular complexity index is 1060. The van der Waals surface area contributed by atoms with Gasteiger partial charge in [-0.25, -0.2) is 0 Å². The number of allylic oxidation sites excluding steroid dienone is 1. The van der Waals surface area contributed by atoms with Crippen LogP contribution >= 0.6 is 15.9 Å². The van der Waals surface area contributed by atoms with Crippen molar-refractivity contribution in [3.05, 3.63) is 22.7 Å². The van der Waals surface area contributed by atoms with Gasteiger partial charge in [-0.2, -0.15) is 0 Å². The molecule has 2 fully saturated rings. The van der Waals surface area contributed by atoms with Crippen molar-refractivity contribution < 1.29 is 33.8 Å². The summed E-state index contributed by atoms with van der Waals surface area (Å²) in [6.45, 7) is 9.49. The van der Waals surface area contributed by atoms with Crippen molar-refractivity contribution in [3.63, 3.8) is 0 Å². The van der Waals surface area contributed by atoms with Crippen molar-refractivity contribution in [3.8, 4) is 0 Å². The average Bonchev–Trinajstić information content (AvgIpc) is 3.47. The number of fused-ring (bicyclic) bond motifs is 2. The molecule has 2 N–H and O–H groups in total. The van der Waals surface area contributed by atoms with Gasteiger partial charge in [-0.05, 0) is 39.2 Å². The summed E-state index contributed by atoms with van der Waals surface area (Å²) in [4.78, 5) is 57.7. The van der Waals surface area contributed by atoms with Gasteiger partial charge in [0.2, 0.25) is 17.7 Å². The van der Waals surface area contributed by atoms with Gasteiger partial charge in [-0.15, -0.1) is 0 Å². The molecule has 4 aliphatic heterocycles. The molecule has 2 saturated heterocycles. The van der Waals surface area contributed by atoms with E-state index >= 15 is 0 Å². The standard InChI is InChI=1S/C28H40BrN3O7/c1-6-16(4)19(14-33)32-24-26(36)31(15(2)3)11-9-7-8-10-20(34)30-13-17(5)38-27(37)21-22(25(32)35)28(24)12-18(29)23(21)39-28/h7,9,12,15-17,19,21-24,33H,6,8,10-11,13-14H2,1-5H3,(H,30,34)/b9-7-/t16-,17+,19-,21-,22+,23-,24-,28+/m0/s1. The first-order valence-corrected chi connectivity index (χ1v) is 14.7. The Balaban J connectivity index is 1.85. The van der Waals surface area contributed by atoms with E-state index in [4.69, 9.17) is 9.47 Å². The smallest absolute Gasteiger partial charge is 0.313 e. The highest BCUT2D eigenvalue weighted by Gasteiger charge is 2.75. The molecule has 0 unspecified atom stereocenters. The van der Waals surface area contributed by atoms with Crippen LogP contribution in [0.1, 0.15) is 53.9 Å². The number of aliphatic hydroxyl groups excluding tert-OH is 1. The van der Waals surface area contributed by atoms with Gasteiger partial charge in [0, 0.05) is 23.5 Å². The van der Waals surface area contributed by atoms with Crippen molar-refractivity contribution >= 4 is 39.6 Å². The number of halogens is 1. The first-order chi connectivity index (χ1) is 18.5. The molecule has 0 aliphatic carbocycles. The Kier molecular flexibility index (Phi) is 8.92. The van der Waals surface area contributed by atoms with E-state index in [9.17, 15) is 24.3 Å². The predicted octanol–water partition coefficient (Wildman–Crippen LogP) is 1.90. The average molecular weight is 611 g/mol. The van der Waals surface area contributed by atoms with Crippen LogP contribution in [0.5, 0.6) is 0 Å². The van der Waals surface area contributed by atoms with Crippen LogP contribution in [0.15, 0.2) is 22.7 Å². The number of likely N-dealkylation sites (tertiary alicyclic amines) is 1. The number of nitrogens with zero attached hydrogens (tertiary/aromatic N) is 2. The molecule has 0 radical (unpaired) electrons. The molecule has 0 aromatic rings. The van der Waals surface area contributed by atoms with E-state index in [2.05, 4.69) is 21.2 Å². The molecule has 4 rings (SSSR count). The normalized spacial score (nSPS) is 36.0. The molecule has 4 heterocycles. The fraction of sp³-hybridized carbons (Fsp3) is 0.714. The summed E-state index contributed by atoms with van der Waals surface area (Å²) in [6.07, 6.45) is 5.53. The molecular formula is C28H40BrN3O7. The number of hydrogen-bond acceptors (Lipinski definition) is 7. The molecule has 0 saturated carbocycles. The van der Waals surface area contributed by atoms with E-state index in [-0.39, 0.29) is 49.9 Å². The number of esters is 1. The Morgan fingerprint density at radius 3 is 2.54 bits per heavy atom. The summed E-state index contributed by atoms with van der Waals surface area (Å²) >= 11 is 3.54. The largest absolute Gasteiger partial charge is 0.460 e. The second-order valence-electron chi connectivity index (χ2n) is 11.4. The van der Waals surface area contributed by atoms with Gasteiger partial charge in [0.25, 0.3) is 0 Å². The van der Waals surface area contributed by atoms with Crippen LogP contribution < -0.4 is 5.32 Å². The van der Waals surface area contributed by atoms with Crippen LogP contribution in [0.25, 0.3) is 0 Å². The summed E-state index contributed by atoms with van der Waals surface area (Å²) in [6, 6.07) is -1.90. The van der Waals surface area contributed by atoms with Gasteiger partial charge in [-0.1, -0.05) is 48.4 Å². The van der Waals surface area contributed by atoms with Crippen LogP contribution in [0.4, 0.5) is 0 Å². The molecule has 0 aromatic carbocycles. The highest BCUT2D eigenvalue weighted by Crippen LogP contribution is 2.59. The number of cyclic esters (lactones) is 1. The van der Waals surface area contributed by atoms with Crippen LogP contribution in [0.2, 0.25) is 0 Å². The van der Waals surface area contributed by atoms with Crippen molar-refractivity contribution in [1.29, 1.82) is 0 Å². The highest BCUT2D eigenvalue weighted by atomic mass is 79.9. The van der Waals surface area contributed by atoms with Crippen LogP contribution in [0.3, 0.4) is 0 Å². The van der Waals surface area contributed by atoms with Gasteiger partial charge in [-0.3, -0.25) is 19.2 Å². The fourth-order valence-electron chi connectivity index (χ4n) is 6.27. The van der Waals surface area contributed by atoms with Crippen LogP contribution in [0, 0.1) is 17.8 Å². The third-order valence-electron chi connectivity index (χ3n) is 8.53. The molecule has 3 amide bonds. The predicted molar refractivity (Wildman–Crippen MR) is 146 cm³/mol. The second kappa shape index (κ2) is 11.7. The Morgan fingerprint density at radius 1 is 1.18 bits per heavy atom. The topological polar surface area (TPSA) is 125 Å². The number of carbonyl (C=O) groups is 4. The monoisotopic (exact) mass is 609 g/mol. The molecular weight excluding hydrogens is 570 g/mol. The Labute approximate surface area is 238 Å². The molecule has 11 heteroatoms. The SMILES string of the molecule is CC[C@H](C)[C@H](CO)N1C(=O)[C@H]2[C@@H]3C(=O)O[C@H](C)CNC(=O)CC/C=C\CN(C(C)C)C(=O)[C@H]1[C@@]21C=C(Br)[C@@H]3O1. The van der Waals surface area contributed by atoms with E-state index in [0.717, 1.165) is 0 Å². The molecule has 0 aromatic heterocycles. The maximum Gasteiger partial charge on any atom is 0.313 e. The molecule has 1 spiro atoms. The van der Waals surface area contributed by atoms with Crippen LogP contribution in [-0.4, -0.2) is 94.2 Å². The molecule has 10 nitrogen and oxygen atoms in total. The van der Waals surface area contributed by atoms with Gasteiger partial charge in [0.1, 0.15) is 29.8 Å². The van der Waals surface area contributed by atoms with Crippen molar-refractivity contribution in [2.24, 2.45) is 17.8 Å². The number of hydrogen-bond donors (Lipinski definition) is 2. The highest BCUT2D eigenvalue weighted by molar-refractivity contribution is 9.11. The fourth-order valence-corrected chi connectivity index (χ4v) is 7.01. The van der Waals surface area contributed by atoms with Crippen molar-refractivity contribution in [2.45, 2.75) is 89.8 Å². The Morgan fingerprint density at radius 2 is 1.90 bits per heavy atom. The first kappa shape index (κ1) is 29.7.